The molecule has 2 heteroatoms. The van der Waals surface area contributed by atoms with Crippen LogP contribution < -0.4 is 0 Å². The van der Waals surface area contributed by atoms with Crippen molar-refractivity contribution in [1.82, 2.24) is 0 Å². The second-order valence-electron chi connectivity index (χ2n) is 9.34. The lowest BCUT2D eigenvalue weighted by atomic mass is 9.49. The number of hydrogen-bond acceptors (Lipinski definition) is 2. The van der Waals surface area contributed by atoms with Crippen molar-refractivity contribution in [1.29, 1.82) is 0 Å². The molecule has 0 bridgehead atoms. The number of fused-ring (bicyclic) bond motifs is 6. The van der Waals surface area contributed by atoms with E-state index in [0.717, 1.165) is 56.1 Å². The molecule has 4 aliphatic carbocycles. The Morgan fingerprint density at radius 2 is 2.00 bits per heavy atom. The minimum atomic E-state index is -0.304. The zero-order valence-corrected chi connectivity index (χ0v) is 15.9. The van der Waals surface area contributed by atoms with Gasteiger partial charge in [-0.2, -0.15) is 0 Å². The van der Waals surface area contributed by atoms with Crippen molar-refractivity contribution in [3.63, 3.8) is 0 Å². The van der Waals surface area contributed by atoms with E-state index in [4.69, 9.17) is 9.47 Å². The van der Waals surface area contributed by atoms with E-state index in [2.05, 4.69) is 19.6 Å². The van der Waals surface area contributed by atoms with Crippen LogP contribution in [0.15, 0.2) is 23.8 Å². The second-order valence-corrected chi connectivity index (χ2v) is 9.34. The zero-order valence-electron chi connectivity index (χ0n) is 15.9. The molecular weight excluding hydrogens is 308 g/mol. The molecule has 0 unspecified atom stereocenters. The van der Waals surface area contributed by atoms with Crippen LogP contribution in [-0.4, -0.2) is 19.0 Å². The summed E-state index contributed by atoms with van der Waals surface area (Å²) in [5.41, 5.74) is 3.48. The van der Waals surface area contributed by atoms with E-state index in [9.17, 15) is 0 Å². The van der Waals surface area contributed by atoms with Crippen molar-refractivity contribution in [2.45, 2.75) is 76.9 Å². The molecule has 5 atom stereocenters. The van der Waals surface area contributed by atoms with Crippen LogP contribution in [0.4, 0.5) is 0 Å². The highest BCUT2D eigenvalue weighted by molar-refractivity contribution is 5.28. The van der Waals surface area contributed by atoms with Crippen molar-refractivity contribution in [2.24, 2.45) is 29.1 Å². The van der Waals surface area contributed by atoms with Gasteiger partial charge in [0.1, 0.15) is 0 Å². The molecule has 4 fully saturated rings. The predicted octanol–water partition coefficient (Wildman–Crippen LogP) is 5.64. The normalized spacial score (nSPS) is 45.5. The first-order valence-corrected chi connectivity index (χ1v) is 10.9. The van der Waals surface area contributed by atoms with Gasteiger partial charge in [-0.05, 0) is 81.5 Å². The van der Waals surface area contributed by atoms with Gasteiger partial charge in [0.25, 0.3) is 0 Å². The fourth-order valence-electron chi connectivity index (χ4n) is 7.74. The van der Waals surface area contributed by atoms with Crippen LogP contribution in [0.3, 0.4) is 0 Å². The minimum absolute atomic E-state index is 0.182. The molecule has 3 saturated carbocycles. The topological polar surface area (TPSA) is 18.5 Å². The fraction of sp³-hybridized carbons (Fsp3) is 0.826. The van der Waals surface area contributed by atoms with E-state index >= 15 is 0 Å². The molecule has 5 aliphatic rings. The molecule has 0 N–H and O–H groups in total. The largest absolute Gasteiger partial charge is 0.349 e. The molecule has 5 rings (SSSR count). The van der Waals surface area contributed by atoms with Gasteiger partial charge in [-0.3, -0.25) is 0 Å². The van der Waals surface area contributed by atoms with Gasteiger partial charge in [-0.1, -0.05) is 30.7 Å². The SMILES string of the molecule is C=C1C[C@@]2(CC)[C@@H](CCC23OCCCO3)[C@@H]2CCC3=CCCC[C@@H]3[C@@H]12. The van der Waals surface area contributed by atoms with Gasteiger partial charge in [-0.25, -0.2) is 0 Å². The van der Waals surface area contributed by atoms with Gasteiger partial charge in [0, 0.05) is 11.8 Å². The van der Waals surface area contributed by atoms with Crippen LogP contribution in [0.5, 0.6) is 0 Å². The molecule has 1 spiro atoms. The second kappa shape index (κ2) is 5.96. The lowest BCUT2D eigenvalue weighted by Gasteiger charge is -2.58. The number of hydrogen-bond donors (Lipinski definition) is 0. The van der Waals surface area contributed by atoms with Crippen molar-refractivity contribution < 1.29 is 9.47 Å². The number of allylic oxidation sites excluding steroid dienone is 3. The van der Waals surface area contributed by atoms with Crippen LogP contribution in [0, 0.1) is 29.1 Å². The summed E-state index contributed by atoms with van der Waals surface area (Å²) in [6.45, 7) is 8.82. The third-order valence-corrected chi connectivity index (χ3v) is 8.64. The summed E-state index contributed by atoms with van der Waals surface area (Å²) in [7, 11) is 0. The number of rotatable bonds is 1. The predicted molar refractivity (Wildman–Crippen MR) is 100 cm³/mol. The van der Waals surface area contributed by atoms with E-state index in [1.807, 2.05) is 0 Å². The van der Waals surface area contributed by atoms with E-state index < -0.39 is 0 Å². The van der Waals surface area contributed by atoms with E-state index in [-0.39, 0.29) is 11.2 Å². The molecule has 0 radical (unpaired) electrons. The van der Waals surface area contributed by atoms with Crippen molar-refractivity contribution in [3.8, 4) is 0 Å². The molecule has 0 aromatic carbocycles. The maximum atomic E-state index is 6.45. The van der Waals surface area contributed by atoms with Crippen LogP contribution >= 0.6 is 0 Å². The minimum Gasteiger partial charge on any atom is -0.349 e. The standard InChI is InChI=1S/C23H34O2/c1-3-22-15-16(2)21-18-8-5-4-7-17(18)9-10-19(21)20(22)11-12-23(22)24-13-6-14-25-23/h7,18-21H,2-6,8-15H2,1H3/t18-,19-,20-,21+,22-/m0/s1. The average Bonchev–Trinajstić information content (AvgIpc) is 2.96. The smallest absolute Gasteiger partial charge is 0.174 e. The Kier molecular flexibility index (Phi) is 3.95. The van der Waals surface area contributed by atoms with E-state index in [1.54, 1.807) is 5.57 Å². The Hall–Kier alpha value is -0.600. The maximum Gasteiger partial charge on any atom is 0.174 e. The third-order valence-electron chi connectivity index (χ3n) is 8.64. The Balaban J connectivity index is 1.53. The molecule has 138 valence electrons. The molecule has 1 heterocycles. The van der Waals surface area contributed by atoms with Crippen LogP contribution in [0.2, 0.25) is 0 Å². The molecule has 0 aromatic rings. The summed E-state index contributed by atoms with van der Waals surface area (Å²) in [6.07, 6.45) is 15.1. The Bertz CT molecular complexity index is 585. The van der Waals surface area contributed by atoms with Gasteiger partial charge in [0.2, 0.25) is 0 Å². The summed E-state index contributed by atoms with van der Waals surface area (Å²) in [5, 5.41) is 0. The first-order valence-electron chi connectivity index (χ1n) is 10.9. The molecule has 0 aromatic heterocycles. The maximum absolute atomic E-state index is 6.45. The van der Waals surface area contributed by atoms with E-state index in [0.29, 0.717) is 0 Å². The molecule has 1 saturated heterocycles. The van der Waals surface area contributed by atoms with E-state index in [1.165, 1.54) is 50.5 Å². The third kappa shape index (κ3) is 2.16. The van der Waals surface area contributed by atoms with Crippen molar-refractivity contribution in [2.75, 3.05) is 13.2 Å². The van der Waals surface area contributed by atoms with Gasteiger partial charge < -0.3 is 9.47 Å². The van der Waals surface area contributed by atoms with Gasteiger partial charge in [0.15, 0.2) is 5.79 Å². The molecule has 1 aliphatic heterocycles. The van der Waals surface area contributed by atoms with Crippen LogP contribution in [-0.2, 0) is 9.47 Å². The monoisotopic (exact) mass is 342 g/mol. The first-order chi connectivity index (χ1) is 12.2. The van der Waals surface area contributed by atoms with Gasteiger partial charge >= 0.3 is 0 Å². The summed E-state index contributed by atoms with van der Waals surface area (Å²) in [5.74, 6) is 2.83. The lowest BCUT2D eigenvalue weighted by molar-refractivity contribution is -0.324. The molecule has 2 nitrogen and oxygen atoms in total. The quantitative estimate of drug-likeness (QED) is 0.574. The van der Waals surface area contributed by atoms with Crippen LogP contribution in [0.25, 0.3) is 0 Å². The van der Waals surface area contributed by atoms with Crippen molar-refractivity contribution >= 4 is 0 Å². The highest BCUT2D eigenvalue weighted by atomic mass is 16.7. The molecule has 0 amide bonds. The average molecular weight is 343 g/mol. The molecule has 25 heavy (non-hydrogen) atoms. The summed E-state index contributed by atoms with van der Waals surface area (Å²) >= 11 is 0. The van der Waals surface area contributed by atoms with Gasteiger partial charge in [0.05, 0.1) is 13.2 Å². The van der Waals surface area contributed by atoms with Gasteiger partial charge in [-0.15, -0.1) is 0 Å². The lowest BCUT2D eigenvalue weighted by Crippen LogP contribution is -2.58. The van der Waals surface area contributed by atoms with Crippen LogP contribution in [0.1, 0.15) is 71.1 Å². The number of ether oxygens (including phenoxy) is 2. The fourth-order valence-corrected chi connectivity index (χ4v) is 7.74. The summed E-state index contributed by atoms with van der Waals surface area (Å²) in [4.78, 5) is 0. The van der Waals surface area contributed by atoms with Crippen molar-refractivity contribution in [3.05, 3.63) is 23.8 Å². The Morgan fingerprint density at radius 1 is 1.16 bits per heavy atom. The zero-order chi connectivity index (χ0) is 17.1. The summed E-state index contributed by atoms with van der Waals surface area (Å²) < 4.78 is 12.9. The first kappa shape index (κ1) is 16.6. The summed E-state index contributed by atoms with van der Waals surface area (Å²) in [6, 6.07) is 0. The highest BCUT2D eigenvalue weighted by Crippen LogP contribution is 2.68. The Labute approximate surface area is 153 Å². The Morgan fingerprint density at radius 3 is 2.80 bits per heavy atom. The highest BCUT2D eigenvalue weighted by Gasteiger charge is 2.67. The molecular formula is C23H34O2.